The number of aromatic nitrogens is 1. The van der Waals surface area contributed by atoms with Crippen molar-refractivity contribution in [2.75, 3.05) is 6.61 Å². The van der Waals surface area contributed by atoms with Gasteiger partial charge in [0.05, 0.1) is 23.8 Å². The van der Waals surface area contributed by atoms with E-state index in [-0.39, 0.29) is 28.8 Å². The Kier molecular flexibility index (Phi) is 12.9. The van der Waals surface area contributed by atoms with Crippen LogP contribution in [0.15, 0.2) is 145 Å². The monoisotopic (exact) mass is 854 g/mol. The molecule has 1 saturated carbocycles. The molecule has 2 aliphatic rings. The smallest absolute Gasteiger partial charge is 0.356 e. The number of likely N-dealkylation sites (tertiary alicyclic amines) is 1. The molecule has 2 heterocycles. The zero-order chi connectivity index (χ0) is 42.7. The molecule has 7 rings (SSSR count). The van der Waals surface area contributed by atoms with Gasteiger partial charge in [-0.3, -0.25) is 9.59 Å². The van der Waals surface area contributed by atoms with Crippen molar-refractivity contribution in [3.63, 3.8) is 0 Å². The summed E-state index contributed by atoms with van der Waals surface area (Å²) >= 11 is 1.51. The van der Waals surface area contributed by atoms with Gasteiger partial charge < -0.3 is 14.1 Å². The summed E-state index contributed by atoms with van der Waals surface area (Å²) in [5.74, 6) is -2.14. The van der Waals surface area contributed by atoms with E-state index in [1.165, 1.54) is 11.3 Å². The Hall–Kier alpha value is -4.92. The van der Waals surface area contributed by atoms with Crippen molar-refractivity contribution in [1.29, 1.82) is 0 Å². The third-order valence-electron chi connectivity index (χ3n) is 12.4. The highest BCUT2D eigenvalue weighted by Crippen LogP contribution is 2.52. The summed E-state index contributed by atoms with van der Waals surface area (Å²) < 4.78 is 13.1. The maximum Gasteiger partial charge on any atom is 0.356 e. The normalized spacial score (nSPS) is 19.7. The second-order valence-electron chi connectivity index (χ2n) is 17.2. The topological polar surface area (TPSA) is 85.8 Å². The third kappa shape index (κ3) is 8.25. The van der Waals surface area contributed by atoms with Gasteiger partial charge in [-0.25, -0.2) is 9.78 Å². The first-order valence-corrected chi connectivity index (χ1v) is 26.4. The Morgan fingerprint density at radius 1 is 0.900 bits per heavy atom. The Labute approximate surface area is 360 Å². The second kappa shape index (κ2) is 18.0. The lowest BCUT2D eigenvalue weighted by Gasteiger charge is -2.55. The van der Waals surface area contributed by atoms with Crippen LogP contribution in [0.2, 0.25) is 18.1 Å². The summed E-state index contributed by atoms with van der Waals surface area (Å²) in [5.41, 5.74) is 2.82. The van der Waals surface area contributed by atoms with Gasteiger partial charge in [0.2, 0.25) is 5.91 Å². The van der Waals surface area contributed by atoms with Crippen LogP contribution in [0.3, 0.4) is 0 Å². The fourth-order valence-corrected chi connectivity index (χ4v) is 15.1. The number of esters is 1. The number of benzene rings is 4. The van der Waals surface area contributed by atoms with Crippen LogP contribution in [-0.2, 0) is 23.5 Å². The van der Waals surface area contributed by atoms with E-state index in [9.17, 15) is 0 Å². The molecule has 1 aromatic heterocycles. The first kappa shape index (κ1) is 43.2. The first-order valence-electron chi connectivity index (χ1n) is 20.8. The number of β-lactam (4-membered cyclic amide) rings is 1. The summed E-state index contributed by atoms with van der Waals surface area (Å²) in [6.45, 7) is 13.5. The molecule has 7 nitrogen and oxygen atoms in total. The summed E-state index contributed by atoms with van der Waals surface area (Å²) in [5, 5.41) is 5.33. The fraction of sp³-hybridized carbons (Fsp3) is 0.300. The van der Waals surface area contributed by atoms with E-state index in [0.717, 1.165) is 38.6 Å². The number of hydrogen-bond acceptors (Lipinski definition) is 7. The molecule has 60 heavy (non-hydrogen) atoms. The van der Waals surface area contributed by atoms with Gasteiger partial charge in [-0.2, -0.15) is 0 Å². The number of thiazole rings is 1. The molecule has 2 fully saturated rings. The van der Waals surface area contributed by atoms with Crippen LogP contribution in [0.5, 0.6) is 0 Å². The maximum atomic E-state index is 15.5. The van der Waals surface area contributed by atoms with E-state index in [2.05, 4.69) is 40.4 Å². The van der Waals surface area contributed by atoms with E-state index < -0.39 is 45.2 Å². The van der Waals surface area contributed by atoms with Gasteiger partial charge in [-0.1, -0.05) is 155 Å². The van der Waals surface area contributed by atoms with Crippen LogP contribution in [0.25, 0.3) is 17.3 Å². The molecule has 10 heteroatoms. The average molecular weight is 855 g/mol. The number of nitrogens with zero attached hydrogens (tertiary/aromatic N) is 2. The molecule has 0 spiro atoms. The molecular formula is C50H55N2O5PSSi. The standard InChI is InChI=1S/C50H55N2O5PSSi/c1-8-32-56-49(55)48(58(38-25-15-10-16-26-38,39-27-17-11-18-28-39)40-29-19-12-20-30-40)52-45(44(47(52)54)35(2)57-60(6,7)50(3,4)5)41-31-21-24-37(46(41)53)33-43-51-42(34-59-43)36-22-13-9-14-23-36/h8-20,22-23,25-30,33-35,41,44-45H,1,21,24,31-32H2,2-7H3/t35-,41-,44-,45-/m1/s1. The third-order valence-corrected chi connectivity index (χ3v) is 22.0. The Balaban J connectivity index is 1.46. The Morgan fingerprint density at radius 2 is 1.43 bits per heavy atom. The zero-order valence-electron chi connectivity index (χ0n) is 35.4. The number of carbonyl (C=O) groups excluding carboxylic acids is 3. The molecule has 4 atom stereocenters. The lowest BCUT2D eigenvalue weighted by molar-refractivity contribution is -0.162. The highest BCUT2D eigenvalue weighted by atomic mass is 32.1. The molecule has 0 bridgehead atoms. The van der Waals surface area contributed by atoms with Crippen LogP contribution < -0.4 is 15.9 Å². The molecule has 1 amide bonds. The van der Waals surface area contributed by atoms with Crippen molar-refractivity contribution in [3.8, 4) is 11.3 Å². The number of Topliss-reactive ketones (excluding diaryl/α,β-unsaturated/α-hetero) is 1. The van der Waals surface area contributed by atoms with Gasteiger partial charge >= 0.3 is 5.97 Å². The minimum atomic E-state index is -3.20. The fourth-order valence-electron chi connectivity index (χ4n) is 8.48. The molecular weight excluding hydrogens is 800 g/mol. The predicted molar refractivity (Wildman–Crippen MR) is 251 cm³/mol. The van der Waals surface area contributed by atoms with Crippen LogP contribution in [0.4, 0.5) is 0 Å². The van der Waals surface area contributed by atoms with Crippen molar-refractivity contribution < 1.29 is 23.5 Å². The highest BCUT2D eigenvalue weighted by Gasteiger charge is 2.60. The molecule has 310 valence electrons. The lowest BCUT2D eigenvalue weighted by Crippen LogP contribution is -2.72. The van der Waals surface area contributed by atoms with Crippen molar-refractivity contribution in [1.82, 2.24) is 9.88 Å². The van der Waals surface area contributed by atoms with E-state index in [1.54, 1.807) is 11.0 Å². The molecule has 4 aromatic carbocycles. The van der Waals surface area contributed by atoms with E-state index in [4.69, 9.17) is 14.1 Å². The van der Waals surface area contributed by atoms with Gasteiger partial charge in [0, 0.05) is 23.7 Å². The van der Waals surface area contributed by atoms with Gasteiger partial charge in [-0.05, 0) is 71.9 Å². The van der Waals surface area contributed by atoms with Crippen molar-refractivity contribution in [3.05, 3.63) is 150 Å². The zero-order valence-corrected chi connectivity index (χ0v) is 38.1. The van der Waals surface area contributed by atoms with Gasteiger partial charge in [-0.15, -0.1) is 11.3 Å². The van der Waals surface area contributed by atoms with Crippen LogP contribution >= 0.6 is 18.2 Å². The van der Waals surface area contributed by atoms with E-state index >= 15 is 14.4 Å². The average Bonchev–Trinajstić information content (AvgIpc) is 3.72. The lowest BCUT2D eigenvalue weighted by atomic mass is 9.69. The van der Waals surface area contributed by atoms with Crippen LogP contribution in [0, 0.1) is 11.8 Å². The van der Waals surface area contributed by atoms with E-state index in [1.807, 2.05) is 140 Å². The number of amides is 1. The maximum absolute atomic E-state index is 15.5. The van der Waals surface area contributed by atoms with Crippen LogP contribution in [0.1, 0.15) is 52.0 Å². The number of hydrogen-bond donors (Lipinski definition) is 0. The number of ketones is 1. The van der Waals surface area contributed by atoms with Gasteiger partial charge in [0.15, 0.2) is 14.1 Å². The first-order chi connectivity index (χ1) is 28.8. The molecule has 0 unspecified atom stereocenters. The van der Waals surface area contributed by atoms with Crippen molar-refractivity contribution in [2.24, 2.45) is 11.8 Å². The number of carbonyl (C=O) groups is 3. The number of rotatable bonds is 13. The van der Waals surface area contributed by atoms with Gasteiger partial charge in [0.1, 0.15) is 17.0 Å². The van der Waals surface area contributed by atoms with Crippen LogP contribution in [-0.4, -0.2) is 60.0 Å². The highest BCUT2D eigenvalue weighted by molar-refractivity contribution is 7.96. The number of allylic oxidation sites excluding steroid dienone is 1. The minimum Gasteiger partial charge on any atom is -0.457 e. The molecule has 0 radical (unpaired) electrons. The Bertz CT molecular complexity index is 2320. The largest absolute Gasteiger partial charge is 0.457 e. The Morgan fingerprint density at radius 3 is 1.95 bits per heavy atom. The molecule has 0 N–H and O–H groups in total. The summed E-state index contributed by atoms with van der Waals surface area (Å²) in [6, 6.07) is 39.3. The molecule has 1 aliphatic carbocycles. The quantitative estimate of drug-likeness (QED) is 0.0293. The molecule has 1 aliphatic heterocycles. The number of ether oxygens (including phenoxy) is 1. The minimum absolute atomic E-state index is 0.0217. The molecule has 5 aromatic rings. The second-order valence-corrected chi connectivity index (χ2v) is 26.1. The SMILES string of the molecule is C=CCOC(=O)C(N1C(=O)[C@H]([C@@H](C)O[Si](C)(C)C(C)(C)C)[C@H]1[C@H]1CCCC(=Cc2nc(-c3ccccc3)cs2)C1=O)=P(c1ccccc1)(c1ccccc1)c1ccccc1. The molecule has 1 saturated heterocycles. The summed E-state index contributed by atoms with van der Waals surface area (Å²) in [6.07, 6.45) is 4.86. The van der Waals surface area contributed by atoms with Crippen molar-refractivity contribution >= 4 is 71.6 Å². The van der Waals surface area contributed by atoms with Gasteiger partial charge in [0.25, 0.3) is 0 Å². The van der Waals surface area contributed by atoms with Crippen molar-refractivity contribution in [2.45, 2.75) is 77.2 Å². The summed E-state index contributed by atoms with van der Waals surface area (Å²) in [4.78, 5) is 52.4. The summed E-state index contributed by atoms with van der Waals surface area (Å²) in [7, 11) is -2.39. The predicted octanol–water partition coefficient (Wildman–Crippen LogP) is 9.65. The van der Waals surface area contributed by atoms with E-state index in [0.29, 0.717) is 18.4 Å².